The third kappa shape index (κ3) is 4.42. The van der Waals surface area contributed by atoms with E-state index in [0.717, 1.165) is 47.7 Å². The van der Waals surface area contributed by atoms with Gasteiger partial charge in [0.15, 0.2) is 0 Å². The summed E-state index contributed by atoms with van der Waals surface area (Å²) in [6, 6.07) is 15.9. The number of hydrogen-bond donors (Lipinski definition) is 2. The number of cyclic esters (lactones) is 1. The van der Waals surface area contributed by atoms with Crippen LogP contribution in [-0.4, -0.2) is 41.9 Å². The highest BCUT2D eigenvalue weighted by atomic mass is 32.2. The number of aromatic nitrogens is 1. The molecule has 0 spiro atoms. The standard InChI is InChI=1S/C24H24N4O3S/c29-23-15-32-22-8-7-17(12-21(22)27-23)28-14-18(31-24(28)30)4-3-10-25-13-16-9-11-26-20-6-2-1-5-19(16)20/h1-2,5-9,11-12,18,25H,3-4,10,13-15H2,(H,27,29)/t18-/m1/s1. The van der Waals surface area contributed by atoms with Crippen molar-refractivity contribution in [3.63, 3.8) is 0 Å². The third-order valence-corrected chi connectivity index (χ3v) is 6.79. The van der Waals surface area contributed by atoms with E-state index in [9.17, 15) is 9.59 Å². The summed E-state index contributed by atoms with van der Waals surface area (Å²) in [7, 11) is 0. The van der Waals surface area contributed by atoms with E-state index in [1.807, 2.05) is 48.7 Å². The van der Waals surface area contributed by atoms with Gasteiger partial charge in [0, 0.05) is 28.7 Å². The quantitative estimate of drug-likeness (QED) is 0.528. The topological polar surface area (TPSA) is 83.6 Å². The van der Waals surface area contributed by atoms with Crippen LogP contribution in [0, 0.1) is 0 Å². The highest BCUT2D eigenvalue weighted by Gasteiger charge is 2.32. The van der Waals surface area contributed by atoms with Gasteiger partial charge in [0.05, 0.1) is 23.5 Å². The second-order valence-corrected chi connectivity index (χ2v) is 8.96. The number of benzene rings is 2. The number of pyridine rings is 1. The van der Waals surface area contributed by atoms with E-state index in [1.54, 1.807) is 4.90 Å². The Morgan fingerprint density at radius 2 is 2.09 bits per heavy atom. The molecule has 2 aromatic carbocycles. The van der Waals surface area contributed by atoms with Crippen molar-refractivity contribution in [3.05, 3.63) is 60.3 Å². The zero-order chi connectivity index (χ0) is 21.9. The van der Waals surface area contributed by atoms with Crippen molar-refractivity contribution in [2.24, 2.45) is 0 Å². The molecule has 3 aromatic rings. The van der Waals surface area contributed by atoms with Gasteiger partial charge < -0.3 is 15.4 Å². The number of hydrogen-bond acceptors (Lipinski definition) is 6. The maximum atomic E-state index is 12.4. The number of rotatable bonds is 7. The molecule has 8 heteroatoms. The van der Waals surface area contributed by atoms with Gasteiger partial charge in [-0.1, -0.05) is 18.2 Å². The van der Waals surface area contributed by atoms with Gasteiger partial charge in [-0.15, -0.1) is 11.8 Å². The first-order valence-corrected chi connectivity index (χ1v) is 11.7. The van der Waals surface area contributed by atoms with E-state index in [1.165, 1.54) is 22.7 Å². The average Bonchev–Trinajstić information content (AvgIpc) is 3.18. The first-order valence-electron chi connectivity index (χ1n) is 10.8. The maximum Gasteiger partial charge on any atom is 0.414 e. The van der Waals surface area contributed by atoms with E-state index in [-0.39, 0.29) is 18.1 Å². The van der Waals surface area contributed by atoms with E-state index >= 15 is 0 Å². The van der Waals surface area contributed by atoms with Crippen LogP contribution in [0.15, 0.2) is 59.6 Å². The van der Waals surface area contributed by atoms with Crippen molar-refractivity contribution < 1.29 is 14.3 Å². The van der Waals surface area contributed by atoms with Crippen LogP contribution in [0.5, 0.6) is 0 Å². The number of anilines is 2. The number of nitrogens with one attached hydrogen (secondary N) is 2. The first kappa shape index (κ1) is 20.8. The van der Waals surface area contributed by atoms with E-state index < -0.39 is 0 Å². The molecular formula is C24H24N4O3S. The molecule has 1 fully saturated rings. The number of amides is 2. The lowest BCUT2D eigenvalue weighted by molar-refractivity contribution is -0.113. The normalized spacial score (nSPS) is 17.9. The number of para-hydroxylation sites is 1. The second kappa shape index (κ2) is 9.18. The zero-order valence-electron chi connectivity index (χ0n) is 17.5. The van der Waals surface area contributed by atoms with Gasteiger partial charge in [0.25, 0.3) is 0 Å². The summed E-state index contributed by atoms with van der Waals surface area (Å²) >= 11 is 1.51. The summed E-state index contributed by atoms with van der Waals surface area (Å²) in [6.07, 6.45) is 3.08. The zero-order valence-corrected chi connectivity index (χ0v) is 18.4. The fourth-order valence-electron chi connectivity index (χ4n) is 4.11. The Balaban J connectivity index is 1.11. The maximum absolute atomic E-state index is 12.4. The predicted molar refractivity (Wildman–Crippen MR) is 126 cm³/mol. The van der Waals surface area contributed by atoms with Crippen molar-refractivity contribution >= 4 is 46.0 Å². The number of ether oxygens (including phenoxy) is 1. The number of carbonyl (C=O) groups excluding carboxylic acids is 2. The molecule has 1 aromatic heterocycles. The predicted octanol–water partition coefficient (Wildman–Crippen LogP) is 4.17. The van der Waals surface area contributed by atoms with E-state index in [4.69, 9.17) is 4.74 Å². The summed E-state index contributed by atoms with van der Waals surface area (Å²) in [6.45, 7) is 2.14. The lowest BCUT2D eigenvalue weighted by Gasteiger charge is -2.20. The second-order valence-electron chi connectivity index (χ2n) is 7.94. The number of thioether (sulfide) groups is 1. The molecule has 5 rings (SSSR count). The molecule has 0 radical (unpaired) electrons. The van der Waals surface area contributed by atoms with Crippen LogP contribution < -0.4 is 15.5 Å². The Bertz CT molecular complexity index is 1160. The molecule has 2 aliphatic rings. The minimum atomic E-state index is -0.332. The molecule has 1 saturated heterocycles. The van der Waals surface area contributed by atoms with Crippen LogP contribution in [0.4, 0.5) is 16.2 Å². The van der Waals surface area contributed by atoms with Crippen molar-refractivity contribution in [3.8, 4) is 0 Å². The van der Waals surface area contributed by atoms with Gasteiger partial charge in [-0.05, 0) is 55.3 Å². The van der Waals surface area contributed by atoms with Crippen molar-refractivity contribution in [2.45, 2.75) is 30.4 Å². The molecule has 3 heterocycles. The number of carbonyl (C=O) groups is 2. The van der Waals surface area contributed by atoms with Gasteiger partial charge in [-0.25, -0.2) is 4.79 Å². The fourth-order valence-corrected chi connectivity index (χ4v) is 4.90. The first-order chi connectivity index (χ1) is 15.7. The van der Waals surface area contributed by atoms with Crippen LogP contribution in [-0.2, 0) is 16.1 Å². The van der Waals surface area contributed by atoms with Crippen LogP contribution >= 0.6 is 11.8 Å². The molecule has 32 heavy (non-hydrogen) atoms. The summed E-state index contributed by atoms with van der Waals surface area (Å²) in [5.74, 6) is 0.403. The minimum absolute atomic E-state index is 0.0196. The number of nitrogens with zero attached hydrogens (tertiary/aromatic N) is 2. The summed E-state index contributed by atoms with van der Waals surface area (Å²) in [4.78, 5) is 31.1. The third-order valence-electron chi connectivity index (χ3n) is 5.72. The Labute approximate surface area is 190 Å². The molecule has 1 atom stereocenters. The van der Waals surface area contributed by atoms with Crippen molar-refractivity contribution in [1.29, 1.82) is 0 Å². The van der Waals surface area contributed by atoms with Crippen LogP contribution in [0.2, 0.25) is 0 Å². The van der Waals surface area contributed by atoms with Gasteiger partial charge in [-0.2, -0.15) is 0 Å². The molecular weight excluding hydrogens is 424 g/mol. The van der Waals surface area contributed by atoms with Crippen LogP contribution in [0.3, 0.4) is 0 Å². The molecule has 0 saturated carbocycles. The lowest BCUT2D eigenvalue weighted by atomic mass is 10.1. The summed E-state index contributed by atoms with van der Waals surface area (Å²) < 4.78 is 5.57. The van der Waals surface area contributed by atoms with Gasteiger partial charge in [0.2, 0.25) is 5.91 Å². The SMILES string of the molecule is O=C1CSc2ccc(N3C[C@@H](CCCNCc4ccnc5ccccc45)OC3=O)cc2N1. The Hall–Kier alpha value is -3.10. The van der Waals surface area contributed by atoms with Gasteiger partial charge >= 0.3 is 6.09 Å². The van der Waals surface area contributed by atoms with Gasteiger partial charge in [-0.3, -0.25) is 14.7 Å². The van der Waals surface area contributed by atoms with Crippen LogP contribution in [0.25, 0.3) is 10.9 Å². The highest BCUT2D eigenvalue weighted by molar-refractivity contribution is 8.00. The molecule has 2 amide bonds. The molecule has 0 unspecified atom stereocenters. The smallest absolute Gasteiger partial charge is 0.414 e. The lowest BCUT2D eigenvalue weighted by Crippen LogP contribution is -2.25. The molecule has 0 aliphatic carbocycles. The monoisotopic (exact) mass is 448 g/mol. The van der Waals surface area contributed by atoms with E-state index in [0.29, 0.717) is 12.3 Å². The van der Waals surface area contributed by atoms with E-state index in [2.05, 4.69) is 21.7 Å². The Kier molecular flexibility index (Phi) is 5.96. The Morgan fingerprint density at radius 1 is 1.19 bits per heavy atom. The average molecular weight is 449 g/mol. The molecule has 2 N–H and O–H groups in total. The molecule has 2 aliphatic heterocycles. The summed E-state index contributed by atoms with van der Waals surface area (Å²) in [5, 5.41) is 7.53. The van der Waals surface area contributed by atoms with Gasteiger partial charge in [0.1, 0.15) is 6.10 Å². The number of fused-ring (bicyclic) bond motifs is 2. The fraction of sp³-hybridized carbons (Fsp3) is 0.292. The van der Waals surface area contributed by atoms with Crippen LogP contribution in [0.1, 0.15) is 18.4 Å². The largest absolute Gasteiger partial charge is 0.444 e. The van der Waals surface area contributed by atoms with Crippen molar-refractivity contribution in [1.82, 2.24) is 10.3 Å². The molecule has 0 bridgehead atoms. The molecule has 7 nitrogen and oxygen atoms in total. The summed E-state index contributed by atoms with van der Waals surface area (Å²) in [5.41, 5.74) is 3.74. The Morgan fingerprint density at radius 3 is 3.03 bits per heavy atom. The minimum Gasteiger partial charge on any atom is -0.444 e. The highest BCUT2D eigenvalue weighted by Crippen LogP contribution is 2.35. The van der Waals surface area contributed by atoms with Crippen molar-refractivity contribution in [2.75, 3.05) is 29.1 Å². The molecule has 164 valence electrons.